The van der Waals surface area contributed by atoms with Crippen LogP contribution in [0.2, 0.25) is 0 Å². The Morgan fingerprint density at radius 1 is 1.00 bits per heavy atom. The van der Waals surface area contributed by atoms with Crippen LogP contribution in [0.25, 0.3) is 0 Å². The molecule has 5 heteroatoms. The molecule has 0 radical (unpaired) electrons. The number of para-hydroxylation sites is 2. The van der Waals surface area contributed by atoms with Crippen molar-refractivity contribution >= 4 is 23.2 Å². The quantitative estimate of drug-likeness (QED) is 0.626. The van der Waals surface area contributed by atoms with Crippen LogP contribution in [0.3, 0.4) is 0 Å². The second kappa shape index (κ2) is 4.42. The van der Waals surface area contributed by atoms with E-state index in [0.717, 1.165) is 17.9 Å². The molecule has 0 saturated heterocycles. The lowest BCUT2D eigenvalue weighted by Gasteiger charge is -2.18. The molecule has 0 spiro atoms. The predicted molar refractivity (Wildman–Crippen MR) is 71.8 cm³/mol. The normalized spacial score (nSPS) is 18.8. The molecule has 1 aromatic carbocycles. The standard InChI is InChI=1S/C14H15N3O2/c15-11-7-3-4-8-12(11)16-17-13(18)9-5-1-2-6-10(9)14(17)19/h3-4,7-8,16H,1-2,5-6,15H2. The predicted octanol–water partition coefficient (Wildman–Crippen LogP) is 1.84. The zero-order valence-corrected chi connectivity index (χ0v) is 10.5. The second-order valence-corrected chi connectivity index (χ2v) is 4.81. The minimum absolute atomic E-state index is 0.233. The van der Waals surface area contributed by atoms with Gasteiger partial charge in [0, 0.05) is 11.1 Å². The Hall–Kier alpha value is -2.30. The number of hydrazine groups is 1. The Kier molecular flexibility index (Phi) is 2.74. The van der Waals surface area contributed by atoms with Gasteiger partial charge in [-0.05, 0) is 37.8 Å². The number of benzene rings is 1. The number of nitrogens with one attached hydrogen (secondary N) is 1. The van der Waals surface area contributed by atoms with Crippen LogP contribution >= 0.6 is 0 Å². The highest BCUT2D eigenvalue weighted by molar-refractivity contribution is 6.20. The average molecular weight is 257 g/mol. The van der Waals surface area contributed by atoms with E-state index in [9.17, 15) is 9.59 Å². The maximum absolute atomic E-state index is 12.2. The minimum Gasteiger partial charge on any atom is -0.397 e. The molecule has 1 heterocycles. The van der Waals surface area contributed by atoms with Gasteiger partial charge in [-0.1, -0.05) is 12.1 Å². The van der Waals surface area contributed by atoms with Gasteiger partial charge in [0.1, 0.15) is 0 Å². The fourth-order valence-electron chi connectivity index (χ4n) is 2.56. The van der Waals surface area contributed by atoms with Crippen LogP contribution in [0.5, 0.6) is 0 Å². The Bertz CT molecular complexity index is 564. The highest BCUT2D eigenvalue weighted by Gasteiger charge is 2.39. The van der Waals surface area contributed by atoms with Crippen LogP contribution in [-0.4, -0.2) is 16.8 Å². The summed E-state index contributed by atoms with van der Waals surface area (Å²) in [5, 5.41) is 1.08. The molecule has 0 saturated carbocycles. The van der Waals surface area contributed by atoms with Gasteiger partial charge < -0.3 is 5.73 Å². The van der Waals surface area contributed by atoms with Crippen molar-refractivity contribution in [3.8, 4) is 0 Å². The lowest BCUT2D eigenvalue weighted by Crippen LogP contribution is -2.37. The Balaban J connectivity index is 1.86. The third-order valence-electron chi connectivity index (χ3n) is 3.58. The summed E-state index contributed by atoms with van der Waals surface area (Å²) in [6, 6.07) is 7.07. The van der Waals surface area contributed by atoms with E-state index in [-0.39, 0.29) is 11.8 Å². The van der Waals surface area contributed by atoms with Crippen molar-refractivity contribution in [3.05, 3.63) is 35.4 Å². The molecule has 1 aliphatic heterocycles. The van der Waals surface area contributed by atoms with Gasteiger partial charge in [-0.3, -0.25) is 15.0 Å². The Morgan fingerprint density at radius 3 is 2.16 bits per heavy atom. The summed E-state index contributed by atoms with van der Waals surface area (Å²) in [6.45, 7) is 0. The number of carbonyl (C=O) groups is 2. The smallest absolute Gasteiger partial charge is 0.276 e. The first kappa shape index (κ1) is 11.8. The second-order valence-electron chi connectivity index (χ2n) is 4.81. The van der Waals surface area contributed by atoms with Crippen molar-refractivity contribution in [2.24, 2.45) is 0 Å². The first-order chi connectivity index (χ1) is 9.18. The molecule has 0 bridgehead atoms. The van der Waals surface area contributed by atoms with Gasteiger partial charge in [-0.25, -0.2) is 0 Å². The van der Waals surface area contributed by atoms with Crippen LogP contribution in [-0.2, 0) is 9.59 Å². The molecular weight excluding hydrogens is 242 g/mol. The summed E-state index contributed by atoms with van der Waals surface area (Å²) < 4.78 is 0. The van der Waals surface area contributed by atoms with Crippen molar-refractivity contribution in [2.45, 2.75) is 25.7 Å². The molecule has 5 nitrogen and oxygen atoms in total. The van der Waals surface area contributed by atoms with Crippen molar-refractivity contribution in [3.63, 3.8) is 0 Å². The number of nitrogens with zero attached hydrogens (tertiary/aromatic N) is 1. The van der Waals surface area contributed by atoms with Crippen LogP contribution < -0.4 is 11.2 Å². The largest absolute Gasteiger partial charge is 0.397 e. The zero-order chi connectivity index (χ0) is 13.4. The van der Waals surface area contributed by atoms with Gasteiger partial charge in [-0.2, -0.15) is 5.01 Å². The molecule has 3 rings (SSSR count). The van der Waals surface area contributed by atoms with Crippen molar-refractivity contribution < 1.29 is 9.59 Å². The maximum atomic E-state index is 12.2. The molecule has 0 fully saturated rings. The van der Waals surface area contributed by atoms with E-state index >= 15 is 0 Å². The summed E-state index contributed by atoms with van der Waals surface area (Å²) in [5.41, 5.74) is 11.1. The fourth-order valence-corrected chi connectivity index (χ4v) is 2.56. The van der Waals surface area contributed by atoms with Gasteiger partial charge in [-0.15, -0.1) is 0 Å². The molecule has 2 aliphatic rings. The maximum Gasteiger partial charge on any atom is 0.276 e. The molecule has 3 N–H and O–H groups in total. The van der Waals surface area contributed by atoms with E-state index in [4.69, 9.17) is 5.73 Å². The molecule has 0 atom stereocenters. The van der Waals surface area contributed by atoms with Crippen molar-refractivity contribution in [1.29, 1.82) is 0 Å². The van der Waals surface area contributed by atoms with E-state index in [1.54, 1.807) is 24.3 Å². The average Bonchev–Trinajstić information content (AvgIpc) is 2.67. The summed E-state index contributed by atoms with van der Waals surface area (Å²) in [6.07, 6.45) is 3.34. The number of carbonyl (C=O) groups excluding carboxylic acids is 2. The molecule has 98 valence electrons. The highest BCUT2D eigenvalue weighted by Crippen LogP contribution is 2.33. The van der Waals surface area contributed by atoms with Crippen LogP contribution in [0.4, 0.5) is 11.4 Å². The summed E-state index contributed by atoms with van der Waals surface area (Å²) in [5.74, 6) is -0.467. The summed E-state index contributed by atoms with van der Waals surface area (Å²) in [4.78, 5) is 24.4. The Morgan fingerprint density at radius 2 is 1.58 bits per heavy atom. The number of nitrogen functional groups attached to an aromatic ring is 1. The lowest BCUT2D eigenvalue weighted by molar-refractivity contribution is -0.136. The molecule has 1 aliphatic carbocycles. The third-order valence-corrected chi connectivity index (χ3v) is 3.58. The summed E-state index contributed by atoms with van der Waals surface area (Å²) >= 11 is 0. The molecule has 0 unspecified atom stereocenters. The Labute approximate surface area is 111 Å². The summed E-state index contributed by atoms with van der Waals surface area (Å²) in [7, 11) is 0. The van der Waals surface area contributed by atoms with Crippen molar-refractivity contribution in [2.75, 3.05) is 11.2 Å². The van der Waals surface area contributed by atoms with Gasteiger partial charge in [0.2, 0.25) is 0 Å². The molecule has 1 aromatic rings. The molecular formula is C14H15N3O2. The van der Waals surface area contributed by atoms with E-state index in [0.29, 0.717) is 35.4 Å². The van der Waals surface area contributed by atoms with Gasteiger partial charge >= 0.3 is 0 Å². The molecule has 0 aromatic heterocycles. The molecule has 2 amide bonds. The highest BCUT2D eigenvalue weighted by atomic mass is 16.2. The topological polar surface area (TPSA) is 75.4 Å². The van der Waals surface area contributed by atoms with E-state index in [2.05, 4.69) is 5.43 Å². The number of imide groups is 1. The van der Waals surface area contributed by atoms with Crippen molar-refractivity contribution in [1.82, 2.24) is 5.01 Å². The SMILES string of the molecule is Nc1ccccc1NN1C(=O)C2=C(CCCC2)C1=O. The number of amides is 2. The van der Waals surface area contributed by atoms with E-state index in [1.807, 2.05) is 0 Å². The van der Waals surface area contributed by atoms with Gasteiger partial charge in [0.25, 0.3) is 11.8 Å². The van der Waals surface area contributed by atoms with Crippen LogP contribution in [0.15, 0.2) is 35.4 Å². The molecule has 19 heavy (non-hydrogen) atoms. The van der Waals surface area contributed by atoms with Crippen LogP contribution in [0.1, 0.15) is 25.7 Å². The first-order valence-corrected chi connectivity index (χ1v) is 6.40. The number of anilines is 2. The fraction of sp³-hybridized carbons (Fsp3) is 0.286. The monoisotopic (exact) mass is 257 g/mol. The minimum atomic E-state index is -0.233. The van der Waals surface area contributed by atoms with Gasteiger partial charge in [0.05, 0.1) is 11.4 Å². The third kappa shape index (κ3) is 1.87. The number of rotatable bonds is 2. The lowest BCUT2D eigenvalue weighted by atomic mass is 9.93. The number of hydrogen-bond donors (Lipinski definition) is 2. The van der Waals surface area contributed by atoms with E-state index < -0.39 is 0 Å². The van der Waals surface area contributed by atoms with Crippen LogP contribution in [0, 0.1) is 0 Å². The first-order valence-electron chi connectivity index (χ1n) is 6.40. The van der Waals surface area contributed by atoms with Gasteiger partial charge in [0.15, 0.2) is 0 Å². The number of hydrogen-bond acceptors (Lipinski definition) is 4. The zero-order valence-electron chi connectivity index (χ0n) is 10.5. The van der Waals surface area contributed by atoms with E-state index in [1.165, 1.54) is 0 Å². The number of nitrogens with two attached hydrogens (primary N) is 1.